The van der Waals surface area contributed by atoms with Crippen LogP contribution in [0, 0.1) is 0 Å². The van der Waals surface area contributed by atoms with Crippen molar-refractivity contribution in [2.45, 2.75) is 32.2 Å². The zero-order chi connectivity index (χ0) is 16.1. The molecule has 118 valence electrons. The van der Waals surface area contributed by atoms with Gasteiger partial charge in [-0.25, -0.2) is 9.59 Å². The Morgan fingerprint density at radius 2 is 2.00 bits per heavy atom. The number of nitrogens with one attached hydrogen (secondary N) is 2. The Kier molecular flexibility index (Phi) is 4.98. The van der Waals surface area contributed by atoms with Crippen molar-refractivity contribution in [2.24, 2.45) is 5.73 Å². The lowest BCUT2D eigenvalue weighted by molar-refractivity contribution is -0.148. The largest absolute Gasteiger partial charge is 0.454 e. The fourth-order valence-electron chi connectivity index (χ4n) is 2.38. The van der Waals surface area contributed by atoms with Crippen LogP contribution in [0.15, 0.2) is 18.2 Å². The lowest BCUT2D eigenvalue weighted by atomic mass is 10.1. The van der Waals surface area contributed by atoms with Crippen LogP contribution in [-0.4, -0.2) is 30.6 Å². The number of urea groups is 1. The first-order valence-electron chi connectivity index (χ1n) is 7.10. The molecule has 1 aliphatic rings. The quantitative estimate of drug-likeness (QED) is 0.696. The van der Waals surface area contributed by atoms with Gasteiger partial charge in [-0.1, -0.05) is 6.07 Å². The molecule has 4 N–H and O–H groups in total. The molecule has 0 saturated heterocycles. The number of anilines is 1. The highest BCUT2D eigenvalue weighted by molar-refractivity contribution is 5.93. The molecule has 0 bridgehead atoms. The van der Waals surface area contributed by atoms with Gasteiger partial charge in [0.15, 0.2) is 6.61 Å². The van der Waals surface area contributed by atoms with Crippen LogP contribution in [0.4, 0.5) is 10.5 Å². The van der Waals surface area contributed by atoms with Crippen LogP contribution in [0.1, 0.15) is 24.5 Å². The molecule has 1 aliphatic carbocycles. The number of ether oxygens (including phenoxy) is 1. The fraction of sp³-hybridized carbons (Fsp3) is 0.400. The van der Waals surface area contributed by atoms with Crippen LogP contribution in [0.5, 0.6) is 0 Å². The Bertz CT molecular complexity index is 600. The fourth-order valence-corrected chi connectivity index (χ4v) is 2.38. The molecule has 0 radical (unpaired) electrons. The van der Waals surface area contributed by atoms with Gasteiger partial charge in [0.1, 0.15) is 6.04 Å². The zero-order valence-electron chi connectivity index (χ0n) is 12.3. The molecular formula is C15H19N3O4. The van der Waals surface area contributed by atoms with Crippen molar-refractivity contribution in [3.8, 4) is 0 Å². The van der Waals surface area contributed by atoms with E-state index in [-0.39, 0.29) is 0 Å². The molecule has 0 aromatic heterocycles. The molecule has 0 aliphatic heterocycles. The van der Waals surface area contributed by atoms with Gasteiger partial charge in [-0.2, -0.15) is 0 Å². The number of hydrogen-bond donors (Lipinski definition) is 3. The lowest BCUT2D eigenvalue weighted by Crippen LogP contribution is -2.43. The summed E-state index contributed by atoms with van der Waals surface area (Å²) in [5.74, 6) is -1.15. The van der Waals surface area contributed by atoms with E-state index in [4.69, 9.17) is 10.5 Å². The monoisotopic (exact) mass is 305 g/mol. The SMILES string of the molecule is C[C@H](NC(N)=O)C(=O)OCC(=O)Nc1ccc2c(c1)CCC2. The van der Waals surface area contributed by atoms with Gasteiger partial charge >= 0.3 is 12.0 Å². The Balaban J connectivity index is 1.80. The van der Waals surface area contributed by atoms with Gasteiger partial charge in [-0.15, -0.1) is 0 Å². The van der Waals surface area contributed by atoms with Gasteiger partial charge in [0.25, 0.3) is 5.91 Å². The smallest absolute Gasteiger partial charge is 0.328 e. The van der Waals surface area contributed by atoms with Crippen molar-refractivity contribution in [3.05, 3.63) is 29.3 Å². The predicted octanol–water partition coefficient (Wildman–Crippen LogP) is 0.714. The Morgan fingerprint density at radius 1 is 1.27 bits per heavy atom. The van der Waals surface area contributed by atoms with E-state index in [0.717, 1.165) is 19.3 Å². The minimum absolute atomic E-state index is 0.416. The molecule has 0 spiro atoms. The second kappa shape index (κ2) is 6.93. The average molecular weight is 305 g/mol. The van der Waals surface area contributed by atoms with E-state index < -0.39 is 30.6 Å². The molecule has 2 rings (SSSR count). The molecule has 0 unspecified atom stereocenters. The molecule has 0 fully saturated rings. The van der Waals surface area contributed by atoms with E-state index in [1.165, 1.54) is 18.1 Å². The minimum Gasteiger partial charge on any atom is -0.454 e. The number of nitrogens with two attached hydrogens (primary N) is 1. The van der Waals surface area contributed by atoms with Gasteiger partial charge in [-0.3, -0.25) is 4.79 Å². The maximum Gasteiger partial charge on any atom is 0.328 e. The molecule has 7 heteroatoms. The summed E-state index contributed by atoms with van der Waals surface area (Å²) in [7, 11) is 0. The summed E-state index contributed by atoms with van der Waals surface area (Å²) >= 11 is 0. The highest BCUT2D eigenvalue weighted by atomic mass is 16.5. The zero-order valence-corrected chi connectivity index (χ0v) is 12.3. The number of carbonyl (C=O) groups excluding carboxylic acids is 3. The van der Waals surface area contributed by atoms with Crippen LogP contribution in [0.2, 0.25) is 0 Å². The highest BCUT2D eigenvalue weighted by Gasteiger charge is 2.17. The molecule has 22 heavy (non-hydrogen) atoms. The van der Waals surface area contributed by atoms with Crippen LogP contribution in [0.3, 0.4) is 0 Å². The van der Waals surface area contributed by atoms with Crippen LogP contribution in [-0.2, 0) is 27.2 Å². The molecule has 1 aromatic rings. The summed E-state index contributed by atoms with van der Waals surface area (Å²) in [5.41, 5.74) is 8.14. The number of fused-ring (bicyclic) bond motifs is 1. The lowest BCUT2D eigenvalue weighted by Gasteiger charge is -2.12. The first-order valence-corrected chi connectivity index (χ1v) is 7.10. The van der Waals surface area contributed by atoms with Gasteiger partial charge in [0.2, 0.25) is 0 Å². The third kappa shape index (κ3) is 4.21. The molecule has 0 heterocycles. The maximum absolute atomic E-state index is 11.8. The highest BCUT2D eigenvalue weighted by Crippen LogP contribution is 2.24. The molecule has 1 atom stereocenters. The molecule has 7 nitrogen and oxygen atoms in total. The van der Waals surface area contributed by atoms with E-state index in [9.17, 15) is 14.4 Å². The number of esters is 1. The standard InChI is InChI=1S/C15H19N3O4/c1-9(17-15(16)21)14(20)22-8-13(19)18-12-6-5-10-3-2-4-11(10)7-12/h5-7,9H,2-4,8H2,1H3,(H,18,19)(H3,16,17,21)/t9-/m0/s1. The van der Waals surface area contributed by atoms with Crippen molar-refractivity contribution in [1.82, 2.24) is 5.32 Å². The van der Waals surface area contributed by atoms with Crippen molar-refractivity contribution in [3.63, 3.8) is 0 Å². The Labute approximate surface area is 128 Å². The molecule has 3 amide bonds. The third-order valence-electron chi connectivity index (χ3n) is 3.44. The first-order chi connectivity index (χ1) is 10.5. The van der Waals surface area contributed by atoms with E-state index in [2.05, 4.69) is 10.6 Å². The summed E-state index contributed by atoms with van der Waals surface area (Å²) in [5, 5.41) is 4.86. The van der Waals surface area contributed by atoms with Crippen molar-refractivity contribution < 1.29 is 19.1 Å². The number of amides is 3. The second-order valence-corrected chi connectivity index (χ2v) is 5.22. The second-order valence-electron chi connectivity index (χ2n) is 5.22. The Morgan fingerprint density at radius 3 is 2.73 bits per heavy atom. The van der Waals surface area contributed by atoms with Gasteiger partial charge < -0.3 is 21.1 Å². The minimum atomic E-state index is -0.898. The molecule has 1 aromatic carbocycles. The topological polar surface area (TPSA) is 111 Å². The first kappa shape index (κ1) is 15.8. The summed E-state index contributed by atoms with van der Waals surface area (Å²) < 4.78 is 4.81. The van der Waals surface area contributed by atoms with E-state index in [1.54, 1.807) is 0 Å². The third-order valence-corrected chi connectivity index (χ3v) is 3.44. The van der Waals surface area contributed by atoms with E-state index in [0.29, 0.717) is 5.69 Å². The molecule has 0 saturated carbocycles. The predicted molar refractivity (Wildman–Crippen MR) is 80.2 cm³/mol. The van der Waals surface area contributed by atoms with Gasteiger partial charge in [0, 0.05) is 5.69 Å². The summed E-state index contributed by atoms with van der Waals surface area (Å²) in [4.78, 5) is 33.9. The number of rotatable bonds is 5. The number of carbonyl (C=O) groups is 3. The normalized spacial score (nSPS) is 13.9. The van der Waals surface area contributed by atoms with Gasteiger partial charge in [-0.05, 0) is 49.4 Å². The van der Waals surface area contributed by atoms with Crippen molar-refractivity contribution in [1.29, 1.82) is 0 Å². The van der Waals surface area contributed by atoms with E-state index in [1.807, 2.05) is 18.2 Å². The van der Waals surface area contributed by atoms with Crippen LogP contribution >= 0.6 is 0 Å². The molecular weight excluding hydrogens is 286 g/mol. The number of hydrogen-bond acceptors (Lipinski definition) is 4. The van der Waals surface area contributed by atoms with Crippen molar-refractivity contribution in [2.75, 3.05) is 11.9 Å². The summed E-state index contributed by atoms with van der Waals surface area (Å²) in [6.07, 6.45) is 3.23. The number of aryl methyl sites for hydroxylation is 2. The Hall–Kier alpha value is -2.57. The van der Waals surface area contributed by atoms with Crippen LogP contribution < -0.4 is 16.4 Å². The van der Waals surface area contributed by atoms with E-state index >= 15 is 0 Å². The van der Waals surface area contributed by atoms with Crippen molar-refractivity contribution >= 4 is 23.6 Å². The maximum atomic E-state index is 11.8. The number of benzene rings is 1. The average Bonchev–Trinajstić information content (AvgIpc) is 2.91. The number of primary amides is 1. The summed E-state index contributed by atoms with van der Waals surface area (Å²) in [6, 6.07) is 4.06. The summed E-state index contributed by atoms with van der Waals surface area (Å²) in [6.45, 7) is 1.01. The van der Waals surface area contributed by atoms with Gasteiger partial charge in [0.05, 0.1) is 0 Å². The van der Waals surface area contributed by atoms with Crippen LogP contribution in [0.25, 0.3) is 0 Å².